The number of nitrogens with zero attached hydrogens (tertiary/aromatic N) is 1. The molecule has 0 atom stereocenters. The maximum Gasteiger partial charge on any atom is 0.271 e. The van der Waals surface area contributed by atoms with Crippen molar-refractivity contribution in [1.82, 2.24) is 5.32 Å². The van der Waals surface area contributed by atoms with Gasteiger partial charge >= 0.3 is 0 Å². The van der Waals surface area contributed by atoms with Gasteiger partial charge in [-0.15, -0.1) is 0 Å². The van der Waals surface area contributed by atoms with Crippen LogP contribution in [0, 0.1) is 10.1 Å². The second kappa shape index (κ2) is 7.23. The van der Waals surface area contributed by atoms with Gasteiger partial charge in [0.1, 0.15) is 10.6 Å². The number of ether oxygens (including phenoxy) is 1. The number of hydrogen-bond acceptors (Lipinski definition) is 6. The van der Waals surface area contributed by atoms with E-state index in [1.807, 2.05) is 6.92 Å². The fourth-order valence-corrected chi connectivity index (χ4v) is 2.37. The third kappa shape index (κ3) is 5.20. The van der Waals surface area contributed by atoms with Gasteiger partial charge in [0.25, 0.3) is 20.6 Å². The lowest BCUT2D eigenvalue weighted by molar-refractivity contribution is -0.385. The van der Waals surface area contributed by atoms with Gasteiger partial charge in [0, 0.05) is 29.4 Å². The van der Waals surface area contributed by atoms with Crippen LogP contribution in [0.25, 0.3) is 0 Å². The predicted molar refractivity (Wildman–Crippen MR) is 74.9 cm³/mol. The first-order valence-corrected chi connectivity index (χ1v) is 8.19. The number of non-ortho nitro benzene ring substituents is 1. The molecule has 0 unspecified atom stereocenters. The Morgan fingerprint density at radius 2 is 2.14 bits per heavy atom. The average molecular weight is 337 g/mol. The zero-order valence-corrected chi connectivity index (χ0v) is 12.6. The summed E-state index contributed by atoms with van der Waals surface area (Å²) in [6, 6.07) is 2.92. The summed E-state index contributed by atoms with van der Waals surface area (Å²) in [7, 11) is 0.965. The third-order valence-corrected chi connectivity index (χ3v) is 3.67. The summed E-state index contributed by atoms with van der Waals surface area (Å²) in [5.41, 5.74) is -0.447. The van der Waals surface area contributed by atoms with Crippen LogP contribution in [0.15, 0.2) is 23.1 Å². The van der Waals surface area contributed by atoms with E-state index in [9.17, 15) is 23.3 Å². The Morgan fingerprint density at radius 3 is 2.67 bits per heavy atom. The Bertz CT molecular complexity index is 646. The Hall–Kier alpha value is -1.87. The molecule has 1 rings (SSSR count). The molecular formula is C11H13ClN2O6S. The topological polar surface area (TPSA) is 116 Å². The molecule has 0 bridgehead atoms. The number of nitro groups is 1. The van der Waals surface area contributed by atoms with E-state index in [1.54, 1.807) is 0 Å². The predicted octanol–water partition coefficient (Wildman–Crippen LogP) is 1.43. The fraction of sp³-hybridized carbons (Fsp3) is 0.364. The summed E-state index contributed by atoms with van der Waals surface area (Å²) in [6.07, 6.45) is 0.741. The molecule has 0 aromatic heterocycles. The van der Waals surface area contributed by atoms with Crippen LogP contribution in [0.5, 0.6) is 5.75 Å². The van der Waals surface area contributed by atoms with E-state index in [0.29, 0.717) is 6.54 Å². The van der Waals surface area contributed by atoms with Crippen LogP contribution >= 0.6 is 10.7 Å². The van der Waals surface area contributed by atoms with Gasteiger partial charge < -0.3 is 10.1 Å². The first-order valence-electron chi connectivity index (χ1n) is 5.88. The summed E-state index contributed by atoms with van der Waals surface area (Å²) in [4.78, 5) is 20.7. The molecule has 0 saturated carbocycles. The summed E-state index contributed by atoms with van der Waals surface area (Å²) in [5, 5.41) is 13.2. The standard InChI is InChI=1S/C11H13ClN2O6S/c1-2-5-13-11(15)7-20-9-4-3-8(14(16)17)6-10(9)21(12,18)19/h3-4,6H,2,5,7H2,1H3,(H,13,15). The highest BCUT2D eigenvalue weighted by Crippen LogP contribution is 2.30. The Kier molecular flexibility index (Phi) is 5.91. The Balaban J connectivity index is 2.97. The largest absolute Gasteiger partial charge is 0.482 e. The number of halogens is 1. The molecule has 1 amide bonds. The second-order valence-electron chi connectivity index (χ2n) is 3.96. The maximum atomic E-state index is 11.4. The highest BCUT2D eigenvalue weighted by atomic mass is 35.7. The van der Waals surface area contributed by atoms with E-state index in [-0.39, 0.29) is 5.75 Å². The van der Waals surface area contributed by atoms with Crippen LogP contribution in [0.2, 0.25) is 0 Å². The number of carbonyl (C=O) groups excluding carboxylic acids is 1. The molecule has 0 aliphatic carbocycles. The van der Waals surface area contributed by atoms with Crippen molar-refractivity contribution >= 4 is 31.3 Å². The first kappa shape index (κ1) is 17.2. The number of nitrogens with one attached hydrogen (secondary N) is 1. The molecule has 0 aliphatic heterocycles. The molecule has 10 heteroatoms. The lowest BCUT2D eigenvalue weighted by Crippen LogP contribution is -2.29. The minimum atomic E-state index is -4.24. The molecule has 0 saturated heterocycles. The van der Waals surface area contributed by atoms with Crippen molar-refractivity contribution in [2.24, 2.45) is 0 Å². The van der Waals surface area contributed by atoms with Gasteiger partial charge in [-0.25, -0.2) is 8.42 Å². The normalized spacial score (nSPS) is 11.0. The number of benzene rings is 1. The molecule has 0 aliphatic rings. The van der Waals surface area contributed by atoms with Gasteiger partial charge in [0.2, 0.25) is 0 Å². The SMILES string of the molecule is CCCNC(=O)COc1ccc([N+](=O)[O-])cc1S(=O)(=O)Cl. The zero-order valence-electron chi connectivity index (χ0n) is 11.0. The van der Waals surface area contributed by atoms with Crippen LogP contribution in [0.3, 0.4) is 0 Å². The smallest absolute Gasteiger partial charge is 0.271 e. The first-order chi connectivity index (χ1) is 9.75. The van der Waals surface area contributed by atoms with Gasteiger partial charge in [-0.2, -0.15) is 0 Å². The van der Waals surface area contributed by atoms with Crippen LogP contribution in [-0.2, 0) is 13.8 Å². The van der Waals surface area contributed by atoms with Crippen molar-refractivity contribution in [3.63, 3.8) is 0 Å². The molecule has 0 fully saturated rings. The van der Waals surface area contributed by atoms with Gasteiger partial charge in [-0.3, -0.25) is 14.9 Å². The van der Waals surface area contributed by atoms with Gasteiger partial charge in [-0.1, -0.05) is 6.92 Å². The van der Waals surface area contributed by atoms with Gasteiger partial charge in [0.15, 0.2) is 6.61 Å². The summed E-state index contributed by atoms with van der Waals surface area (Å²) < 4.78 is 27.9. The van der Waals surface area contributed by atoms with Crippen molar-refractivity contribution in [3.05, 3.63) is 28.3 Å². The molecule has 8 nitrogen and oxygen atoms in total. The van der Waals surface area contributed by atoms with E-state index in [4.69, 9.17) is 15.4 Å². The Labute approximate surface area is 125 Å². The van der Waals surface area contributed by atoms with Crippen LogP contribution < -0.4 is 10.1 Å². The highest BCUT2D eigenvalue weighted by molar-refractivity contribution is 8.13. The molecule has 0 radical (unpaired) electrons. The number of amides is 1. The number of hydrogen-bond donors (Lipinski definition) is 1. The van der Waals surface area contributed by atoms with Crippen molar-refractivity contribution in [2.45, 2.75) is 18.2 Å². The molecule has 21 heavy (non-hydrogen) atoms. The third-order valence-electron chi connectivity index (χ3n) is 2.33. The highest BCUT2D eigenvalue weighted by Gasteiger charge is 2.21. The molecule has 0 spiro atoms. The lowest BCUT2D eigenvalue weighted by Gasteiger charge is -2.09. The summed E-state index contributed by atoms with van der Waals surface area (Å²) in [5.74, 6) is -0.657. The molecular weight excluding hydrogens is 324 g/mol. The van der Waals surface area contributed by atoms with Crippen LogP contribution in [0.1, 0.15) is 13.3 Å². The number of rotatable bonds is 7. The lowest BCUT2D eigenvalue weighted by atomic mass is 10.3. The van der Waals surface area contributed by atoms with Crippen molar-refractivity contribution in [1.29, 1.82) is 0 Å². The number of nitro benzene ring substituents is 1. The van der Waals surface area contributed by atoms with Crippen molar-refractivity contribution in [3.8, 4) is 5.75 Å². The summed E-state index contributed by atoms with van der Waals surface area (Å²) in [6.45, 7) is 1.91. The molecule has 0 heterocycles. The zero-order chi connectivity index (χ0) is 16.0. The molecule has 1 aromatic rings. The summed E-state index contributed by atoms with van der Waals surface area (Å²) >= 11 is 0. The maximum absolute atomic E-state index is 11.4. The quantitative estimate of drug-likeness (QED) is 0.457. The van der Waals surface area contributed by atoms with Crippen LogP contribution in [0.4, 0.5) is 5.69 Å². The van der Waals surface area contributed by atoms with E-state index >= 15 is 0 Å². The number of carbonyl (C=O) groups is 1. The van der Waals surface area contributed by atoms with Crippen molar-refractivity contribution in [2.75, 3.05) is 13.2 Å². The van der Waals surface area contributed by atoms with Crippen molar-refractivity contribution < 1.29 is 22.9 Å². The second-order valence-corrected chi connectivity index (χ2v) is 6.50. The van der Waals surface area contributed by atoms with Crippen LogP contribution in [-0.4, -0.2) is 32.4 Å². The Morgan fingerprint density at radius 1 is 1.48 bits per heavy atom. The van der Waals surface area contributed by atoms with E-state index in [0.717, 1.165) is 24.6 Å². The molecule has 116 valence electrons. The average Bonchev–Trinajstić information content (AvgIpc) is 2.41. The monoisotopic (exact) mass is 336 g/mol. The fourth-order valence-electron chi connectivity index (χ4n) is 1.38. The molecule has 1 N–H and O–H groups in total. The minimum absolute atomic E-state index is 0.220. The van der Waals surface area contributed by atoms with E-state index in [2.05, 4.69) is 5.32 Å². The van der Waals surface area contributed by atoms with Gasteiger partial charge in [0.05, 0.1) is 4.92 Å². The van der Waals surface area contributed by atoms with E-state index in [1.165, 1.54) is 0 Å². The van der Waals surface area contributed by atoms with E-state index < -0.39 is 37.1 Å². The van der Waals surface area contributed by atoms with Gasteiger partial charge in [-0.05, 0) is 12.5 Å². The molecule has 1 aromatic carbocycles. The minimum Gasteiger partial charge on any atom is -0.482 e.